The van der Waals surface area contributed by atoms with Gasteiger partial charge in [0.2, 0.25) is 11.9 Å². The van der Waals surface area contributed by atoms with Gasteiger partial charge in [-0.15, -0.1) is 0 Å². The number of amides is 1. The van der Waals surface area contributed by atoms with E-state index in [2.05, 4.69) is 15.3 Å². The fourth-order valence-corrected chi connectivity index (χ4v) is 0.718. The van der Waals surface area contributed by atoms with E-state index in [4.69, 9.17) is 5.73 Å². The van der Waals surface area contributed by atoms with Crippen molar-refractivity contribution in [1.82, 2.24) is 9.97 Å². The van der Waals surface area contributed by atoms with Gasteiger partial charge in [-0.3, -0.25) is 4.79 Å². The number of hydrogen-bond donors (Lipinski definition) is 2. The predicted octanol–water partition coefficient (Wildman–Crippen LogP) is 0.292. The lowest BCUT2D eigenvalue weighted by Crippen LogP contribution is -2.45. The molecule has 1 amide bonds. The highest BCUT2D eigenvalue weighted by Gasteiger charge is 2.25. The van der Waals surface area contributed by atoms with Gasteiger partial charge in [-0.05, 0) is 13.8 Å². The number of halogens is 1. The summed E-state index contributed by atoms with van der Waals surface area (Å²) in [6, 6.07) is 0. The van der Waals surface area contributed by atoms with Crippen molar-refractivity contribution in [2.75, 3.05) is 5.32 Å². The van der Waals surface area contributed by atoms with Gasteiger partial charge in [-0.25, -0.2) is 14.4 Å². The molecule has 76 valence electrons. The van der Waals surface area contributed by atoms with E-state index in [1.165, 1.54) is 0 Å². The molecule has 1 rings (SSSR count). The highest BCUT2D eigenvalue weighted by atomic mass is 19.1. The van der Waals surface area contributed by atoms with Crippen molar-refractivity contribution >= 4 is 11.9 Å². The highest BCUT2D eigenvalue weighted by molar-refractivity contribution is 5.86. The van der Waals surface area contributed by atoms with Gasteiger partial charge in [-0.1, -0.05) is 0 Å². The zero-order valence-electron chi connectivity index (χ0n) is 7.91. The summed E-state index contributed by atoms with van der Waals surface area (Å²) in [7, 11) is 0. The van der Waals surface area contributed by atoms with Crippen LogP contribution in [0.3, 0.4) is 0 Å². The molecule has 0 saturated carbocycles. The normalized spacial score (nSPS) is 11.1. The fraction of sp³-hybridized carbons (Fsp3) is 0.375. The number of nitrogens with one attached hydrogen (secondary N) is 1. The lowest BCUT2D eigenvalue weighted by atomic mass is 10.1. The number of aromatic nitrogens is 2. The molecule has 3 N–H and O–H groups in total. The molecule has 0 aliphatic heterocycles. The van der Waals surface area contributed by atoms with Crippen molar-refractivity contribution in [3.63, 3.8) is 0 Å². The molecule has 0 aliphatic rings. The Hall–Kier alpha value is -1.72. The highest BCUT2D eigenvalue weighted by Crippen LogP contribution is 2.09. The van der Waals surface area contributed by atoms with Crippen molar-refractivity contribution in [3.8, 4) is 0 Å². The van der Waals surface area contributed by atoms with Crippen LogP contribution < -0.4 is 11.1 Å². The average molecular weight is 198 g/mol. The standard InChI is InChI=1S/C8H11FN4O/c1-8(2,6(10)14)13-7-11-3-5(9)4-12-7/h3-4H,1-2H3,(H2,10,14)(H,11,12,13). The number of rotatable bonds is 3. The molecule has 0 saturated heterocycles. The Morgan fingerprint density at radius 2 is 2.00 bits per heavy atom. The molecule has 1 heterocycles. The van der Waals surface area contributed by atoms with E-state index in [1.54, 1.807) is 13.8 Å². The Balaban J connectivity index is 2.79. The molecular formula is C8H11FN4O. The molecule has 0 unspecified atom stereocenters. The van der Waals surface area contributed by atoms with Gasteiger partial charge >= 0.3 is 0 Å². The Morgan fingerprint density at radius 1 is 1.50 bits per heavy atom. The second-order valence-electron chi connectivity index (χ2n) is 3.34. The number of carbonyl (C=O) groups excluding carboxylic acids is 1. The van der Waals surface area contributed by atoms with E-state index < -0.39 is 17.3 Å². The lowest BCUT2D eigenvalue weighted by molar-refractivity contribution is -0.121. The van der Waals surface area contributed by atoms with Gasteiger partial charge in [0.15, 0.2) is 5.82 Å². The second kappa shape index (κ2) is 3.57. The van der Waals surface area contributed by atoms with E-state index in [0.29, 0.717) is 0 Å². The molecule has 6 heteroatoms. The van der Waals surface area contributed by atoms with Crippen LogP contribution in [-0.4, -0.2) is 21.4 Å². The number of primary amides is 1. The monoisotopic (exact) mass is 198 g/mol. The maximum absolute atomic E-state index is 12.4. The van der Waals surface area contributed by atoms with Crippen LogP contribution in [-0.2, 0) is 4.79 Å². The first-order valence-corrected chi connectivity index (χ1v) is 3.97. The molecule has 5 nitrogen and oxygen atoms in total. The maximum Gasteiger partial charge on any atom is 0.242 e. The molecule has 1 aromatic heterocycles. The molecule has 0 atom stereocenters. The molecule has 14 heavy (non-hydrogen) atoms. The van der Waals surface area contributed by atoms with Crippen LogP contribution >= 0.6 is 0 Å². The molecular weight excluding hydrogens is 187 g/mol. The van der Waals surface area contributed by atoms with Gasteiger partial charge in [0.1, 0.15) is 5.54 Å². The minimum Gasteiger partial charge on any atom is -0.368 e. The summed E-state index contributed by atoms with van der Waals surface area (Å²) >= 11 is 0. The third kappa shape index (κ3) is 2.38. The van der Waals surface area contributed by atoms with Crippen molar-refractivity contribution in [2.24, 2.45) is 5.73 Å². The van der Waals surface area contributed by atoms with Gasteiger partial charge in [-0.2, -0.15) is 0 Å². The summed E-state index contributed by atoms with van der Waals surface area (Å²) in [5.74, 6) is -0.909. The van der Waals surface area contributed by atoms with Gasteiger partial charge < -0.3 is 11.1 Å². The number of anilines is 1. The van der Waals surface area contributed by atoms with Crippen molar-refractivity contribution in [3.05, 3.63) is 18.2 Å². The van der Waals surface area contributed by atoms with Gasteiger partial charge in [0, 0.05) is 0 Å². The minimum atomic E-state index is -0.960. The predicted molar refractivity (Wildman–Crippen MR) is 48.9 cm³/mol. The van der Waals surface area contributed by atoms with E-state index in [-0.39, 0.29) is 5.95 Å². The van der Waals surface area contributed by atoms with E-state index in [9.17, 15) is 9.18 Å². The summed E-state index contributed by atoms with van der Waals surface area (Å²) in [5.41, 5.74) is 4.16. The van der Waals surface area contributed by atoms with E-state index in [1.807, 2.05) is 0 Å². The molecule has 0 aliphatic carbocycles. The smallest absolute Gasteiger partial charge is 0.242 e. The van der Waals surface area contributed by atoms with Crippen LogP contribution in [0.15, 0.2) is 12.4 Å². The fourth-order valence-electron chi connectivity index (χ4n) is 0.718. The van der Waals surface area contributed by atoms with Crippen LogP contribution in [0.1, 0.15) is 13.8 Å². The van der Waals surface area contributed by atoms with Crippen LogP contribution in [0.4, 0.5) is 10.3 Å². The summed E-state index contributed by atoms with van der Waals surface area (Å²) < 4.78 is 12.4. The molecule has 0 spiro atoms. The van der Waals surface area contributed by atoms with Gasteiger partial charge in [0.25, 0.3) is 0 Å². The van der Waals surface area contributed by atoms with Crippen molar-refractivity contribution < 1.29 is 9.18 Å². The largest absolute Gasteiger partial charge is 0.368 e. The first-order chi connectivity index (χ1) is 6.42. The Morgan fingerprint density at radius 3 is 2.43 bits per heavy atom. The van der Waals surface area contributed by atoms with Crippen LogP contribution in [0.5, 0.6) is 0 Å². The molecule has 0 radical (unpaired) electrons. The molecule has 0 bridgehead atoms. The minimum absolute atomic E-state index is 0.162. The SMILES string of the molecule is CC(C)(Nc1ncc(F)cn1)C(N)=O. The second-order valence-corrected chi connectivity index (χ2v) is 3.34. The lowest BCUT2D eigenvalue weighted by Gasteiger charge is -2.21. The maximum atomic E-state index is 12.4. The number of carbonyl (C=O) groups is 1. The number of nitrogens with zero attached hydrogens (tertiary/aromatic N) is 2. The van der Waals surface area contributed by atoms with E-state index in [0.717, 1.165) is 12.4 Å². The Kier molecular flexibility index (Phi) is 2.64. The summed E-state index contributed by atoms with van der Waals surface area (Å²) in [6.07, 6.45) is 2.01. The zero-order valence-corrected chi connectivity index (χ0v) is 7.91. The third-order valence-corrected chi connectivity index (χ3v) is 1.66. The Bertz CT molecular complexity index is 336. The number of nitrogens with two attached hydrogens (primary N) is 1. The molecule has 0 aromatic carbocycles. The molecule has 0 fully saturated rings. The quantitative estimate of drug-likeness (QED) is 0.731. The van der Waals surface area contributed by atoms with Crippen LogP contribution in [0, 0.1) is 5.82 Å². The van der Waals surface area contributed by atoms with Crippen molar-refractivity contribution in [2.45, 2.75) is 19.4 Å². The van der Waals surface area contributed by atoms with Crippen molar-refractivity contribution in [1.29, 1.82) is 0 Å². The summed E-state index contributed by atoms with van der Waals surface area (Å²) in [5, 5.41) is 2.68. The first-order valence-electron chi connectivity index (χ1n) is 3.97. The topological polar surface area (TPSA) is 80.9 Å². The zero-order chi connectivity index (χ0) is 10.8. The Labute approximate surface area is 80.5 Å². The first kappa shape index (κ1) is 10.4. The average Bonchev–Trinajstić information content (AvgIpc) is 2.08. The number of hydrogen-bond acceptors (Lipinski definition) is 4. The van der Waals surface area contributed by atoms with Crippen LogP contribution in [0.25, 0.3) is 0 Å². The summed E-state index contributed by atoms with van der Waals surface area (Å²) in [4.78, 5) is 18.2. The summed E-state index contributed by atoms with van der Waals surface area (Å²) in [6.45, 7) is 3.17. The van der Waals surface area contributed by atoms with Crippen LogP contribution in [0.2, 0.25) is 0 Å². The third-order valence-electron chi connectivity index (χ3n) is 1.66. The van der Waals surface area contributed by atoms with E-state index >= 15 is 0 Å². The van der Waals surface area contributed by atoms with Gasteiger partial charge in [0.05, 0.1) is 12.4 Å². The molecule has 1 aromatic rings.